The average Bonchev–Trinajstić information content (AvgIpc) is 2.27. The standard InChI is InChI=1S/C11H12BrNO2S/c1-2-15-11(14)4-3-7-16-10-6-5-9(12)8-13-10/h3-6,8H,2,7H2,1H3/b4-3+. The molecular weight excluding hydrogens is 290 g/mol. The third-order valence-electron chi connectivity index (χ3n) is 1.57. The van der Waals surface area contributed by atoms with E-state index in [0.29, 0.717) is 12.4 Å². The summed E-state index contributed by atoms with van der Waals surface area (Å²) in [6, 6.07) is 3.86. The Balaban J connectivity index is 2.30. The van der Waals surface area contributed by atoms with Gasteiger partial charge in [-0.1, -0.05) is 6.08 Å². The molecule has 0 aromatic carbocycles. The zero-order valence-corrected chi connectivity index (χ0v) is 11.3. The Morgan fingerprint density at radius 3 is 3.06 bits per heavy atom. The predicted octanol–water partition coefficient (Wildman–Crippen LogP) is 3.06. The van der Waals surface area contributed by atoms with Crippen LogP contribution in [0, 0.1) is 0 Å². The van der Waals surface area contributed by atoms with Gasteiger partial charge in [-0.25, -0.2) is 9.78 Å². The number of aromatic nitrogens is 1. The van der Waals surface area contributed by atoms with Crippen LogP contribution in [0.25, 0.3) is 0 Å². The van der Waals surface area contributed by atoms with Crippen LogP contribution >= 0.6 is 27.7 Å². The smallest absolute Gasteiger partial charge is 0.330 e. The van der Waals surface area contributed by atoms with Gasteiger partial charge in [-0.2, -0.15) is 0 Å². The van der Waals surface area contributed by atoms with Crippen LogP contribution in [0.15, 0.2) is 40.0 Å². The van der Waals surface area contributed by atoms with E-state index >= 15 is 0 Å². The van der Waals surface area contributed by atoms with Crippen molar-refractivity contribution in [1.29, 1.82) is 0 Å². The number of ether oxygens (including phenoxy) is 1. The van der Waals surface area contributed by atoms with Crippen molar-refractivity contribution in [2.45, 2.75) is 11.9 Å². The summed E-state index contributed by atoms with van der Waals surface area (Å²) in [5, 5.41) is 0.928. The monoisotopic (exact) mass is 301 g/mol. The Morgan fingerprint density at radius 2 is 2.44 bits per heavy atom. The molecular formula is C11H12BrNO2S. The number of carbonyl (C=O) groups is 1. The molecule has 0 fully saturated rings. The highest BCUT2D eigenvalue weighted by molar-refractivity contribution is 9.10. The fraction of sp³-hybridized carbons (Fsp3) is 0.273. The second-order valence-corrected chi connectivity index (χ2v) is 4.74. The van der Waals surface area contributed by atoms with Crippen molar-refractivity contribution in [3.63, 3.8) is 0 Å². The van der Waals surface area contributed by atoms with Gasteiger partial charge >= 0.3 is 5.97 Å². The van der Waals surface area contributed by atoms with E-state index in [1.807, 2.05) is 12.1 Å². The number of carbonyl (C=O) groups excluding carboxylic acids is 1. The van der Waals surface area contributed by atoms with Gasteiger partial charge in [0.2, 0.25) is 0 Å². The Morgan fingerprint density at radius 1 is 1.62 bits per heavy atom. The molecule has 0 amide bonds. The molecule has 1 aromatic heterocycles. The number of hydrogen-bond donors (Lipinski definition) is 0. The second kappa shape index (κ2) is 7.46. The Hall–Kier alpha value is -0.810. The molecule has 5 heteroatoms. The fourth-order valence-electron chi connectivity index (χ4n) is 0.916. The van der Waals surface area contributed by atoms with E-state index in [2.05, 4.69) is 20.9 Å². The molecule has 1 aromatic rings. The predicted molar refractivity (Wildman–Crippen MR) is 68.4 cm³/mol. The van der Waals surface area contributed by atoms with Crippen molar-refractivity contribution < 1.29 is 9.53 Å². The molecule has 1 heterocycles. The lowest BCUT2D eigenvalue weighted by atomic mass is 10.5. The van der Waals surface area contributed by atoms with E-state index in [4.69, 9.17) is 4.74 Å². The van der Waals surface area contributed by atoms with E-state index < -0.39 is 0 Å². The van der Waals surface area contributed by atoms with Crippen LogP contribution in [0.3, 0.4) is 0 Å². The number of esters is 1. The molecule has 0 aliphatic rings. The summed E-state index contributed by atoms with van der Waals surface area (Å²) in [6.45, 7) is 2.19. The first kappa shape index (κ1) is 13.3. The quantitative estimate of drug-likeness (QED) is 0.476. The highest BCUT2D eigenvalue weighted by Crippen LogP contribution is 2.17. The van der Waals surface area contributed by atoms with Gasteiger partial charge in [0.25, 0.3) is 0 Å². The maximum absolute atomic E-state index is 11.0. The highest BCUT2D eigenvalue weighted by atomic mass is 79.9. The first-order valence-corrected chi connectivity index (χ1v) is 6.58. The molecule has 16 heavy (non-hydrogen) atoms. The Labute approximate surface area is 107 Å². The molecule has 0 aliphatic heterocycles. The summed E-state index contributed by atoms with van der Waals surface area (Å²) in [5.41, 5.74) is 0. The third kappa shape index (κ3) is 5.32. The lowest BCUT2D eigenvalue weighted by Crippen LogP contribution is -1.98. The number of halogens is 1. The largest absolute Gasteiger partial charge is 0.463 e. The average molecular weight is 302 g/mol. The zero-order chi connectivity index (χ0) is 11.8. The van der Waals surface area contributed by atoms with E-state index in [9.17, 15) is 4.79 Å². The number of thioether (sulfide) groups is 1. The van der Waals surface area contributed by atoms with Crippen molar-refractivity contribution in [3.05, 3.63) is 35.0 Å². The van der Waals surface area contributed by atoms with Crippen LogP contribution in [-0.4, -0.2) is 23.3 Å². The summed E-state index contributed by atoms with van der Waals surface area (Å²) < 4.78 is 5.71. The Bertz CT molecular complexity index is 365. The zero-order valence-electron chi connectivity index (χ0n) is 8.85. The van der Waals surface area contributed by atoms with Crippen molar-refractivity contribution in [2.75, 3.05) is 12.4 Å². The van der Waals surface area contributed by atoms with Crippen LogP contribution in [0.2, 0.25) is 0 Å². The van der Waals surface area contributed by atoms with Gasteiger partial charge in [-0.15, -0.1) is 11.8 Å². The maximum atomic E-state index is 11.0. The maximum Gasteiger partial charge on any atom is 0.330 e. The molecule has 0 bridgehead atoms. The molecule has 0 saturated carbocycles. The minimum Gasteiger partial charge on any atom is -0.463 e. The normalized spacial score (nSPS) is 10.6. The number of pyridine rings is 1. The van der Waals surface area contributed by atoms with Crippen LogP contribution in [0.4, 0.5) is 0 Å². The molecule has 0 saturated heterocycles. The molecule has 0 radical (unpaired) electrons. The molecule has 3 nitrogen and oxygen atoms in total. The van der Waals surface area contributed by atoms with Crippen LogP contribution in [0.1, 0.15) is 6.92 Å². The number of rotatable bonds is 5. The second-order valence-electron chi connectivity index (χ2n) is 2.78. The molecule has 86 valence electrons. The fourth-order valence-corrected chi connectivity index (χ4v) is 1.81. The van der Waals surface area contributed by atoms with Gasteiger partial charge < -0.3 is 4.74 Å². The molecule has 0 N–H and O–H groups in total. The van der Waals surface area contributed by atoms with E-state index in [1.54, 1.807) is 31.0 Å². The molecule has 0 atom stereocenters. The summed E-state index contributed by atoms with van der Waals surface area (Å²) >= 11 is 4.88. The van der Waals surface area contributed by atoms with Crippen LogP contribution in [0.5, 0.6) is 0 Å². The van der Waals surface area contributed by atoms with Gasteiger partial charge in [0.1, 0.15) is 0 Å². The summed E-state index contributed by atoms with van der Waals surface area (Å²) in [5.74, 6) is 0.403. The van der Waals surface area contributed by atoms with E-state index in [1.165, 1.54) is 6.08 Å². The first-order chi connectivity index (χ1) is 7.72. The summed E-state index contributed by atoms with van der Waals surface area (Å²) in [7, 11) is 0. The summed E-state index contributed by atoms with van der Waals surface area (Å²) in [6.07, 6.45) is 4.96. The highest BCUT2D eigenvalue weighted by Gasteiger charge is 1.95. The van der Waals surface area contributed by atoms with E-state index in [-0.39, 0.29) is 5.97 Å². The van der Waals surface area contributed by atoms with Gasteiger partial charge in [0.15, 0.2) is 0 Å². The SMILES string of the molecule is CCOC(=O)/C=C/CSc1ccc(Br)cn1. The number of hydrogen-bond acceptors (Lipinski definition) is 4. The molecule has 0 spiro atoms. The topological polar surface area (TPSA) is 39.2 Å². The minimum absolute atomic E-state index is 0.299. The van der Waals surface area contributed by atoms with Crippen molar-refractivity contribution in [2.24, 2.45) is 0 Å². The van der Waals surface area contributed by atoms with Crippen LogP contribution < -0.4 is 0 Å². The molecule has 0 aliphatic carbocycles. The lowest BCUT2D eigenvalue weighted by molar-refractivity contribution is -0.137. The lowest BCUT2D eigenvalue weighted by Gasteiger charge is -1.97. The minimum atomic E-state index is -0.299. The summed E-state index contributed by atoms with van der Waals surface area (Å²) in [4.78, 5) is 15.2. The van der Waals surface area contributed by atoms with Crippen LogP contribution in [-0.2, 0) is 9.53 Å². The number of nitrogens with zero attached hydrogens (tertiary/aromatic N) is 1. The first-order valence-electron chi connectivity index (χ1n) is 4.80. The molecule has 1 rings (SSSR count). The van der Waals surface area contributed by atoms with Gasteiger partial charge in [0.05, 0.1) is 11.6 Å². The van der Waals surface area contributed by atoms with E-state index in [0.717, 1.165) is 9.50 Å². The van der Waals surface area contributed by atoms with Gasteiger partial charge in [-0.3, -0.25) is 0 Å². The van der Waals surface area contributed by atoms with Gasteiger partial charge in [-0.05, 0) is 35.0 Å². The van der Waals surface area contributed by atoms with Crippen molar-refractivity contribution in [3.8, 4) is 0 Å². The third-order valence-corrected chi connectivity index (χ3v) is 2.93. The molecule has 0 unspecified atom stereocenters. The van der Waals surface area contributed by atoms with Crippen molar-refractivity contribution >= 4 is 33.7 Å². The Kier molecular flexibility index (Phi) is 6.18. The van der Waals surface area contributed by atoms with Gasteiger partial charge in [0, 0.05) is 22.5 Å². The van der Waals surface area contributed by atoms with Crippen molar-refractivity contribution in [1.82, 2.24) is 4.98 Å².